The van der Waals surface area contributed by atoms with Crippen LogP contribution in [0, 0.1) is 0 Å². The first-order valence-electron chi connectivity index (χ1n) is 7.38. The molecule has 1 aliphatic heterocycles. The average molecular weight is 264 g/mol. The summed E-state index contributed by atoms with van der Waals surface area (Å²) in [7, 11) is 2.14. The third kappa shape index (κ3) is 4.06. The first kappa shape index (κ1) is 13.2. The van der Waals surface area contributed by atoms with E-state index in [-0.39, 0.29) is 0 Å². The van der Waals surface area contributed by atoms with Gasteiger partial charge in [-0.3, -0.25) is 4.90 Å². The molecule has 1 saturated carbocycles. The number of nitrogens with one attached hydrogen (secondary N) is 1. The normalized spacial score (nSPS) is 27.3. The van der Waals surface area contributed by atoms with Crippen molar-refractivity contribution in [2.24, 2.45) is 0 Å². The van der Waals surface area contributed by atoms with E-state index >= 15 is 0 Å². The van der Waals surface area contributed by atoms with Crippen molar-refractivity contribution in [1.82, 2.24) is 10.2 Å². The van der Waals surface area contributed by atoms with Gasteiger partial charge >= 0.3 is 0 Å². The summed E-state index contributed by atoms with van der Waals surface area (Å²) in [6, 6.07) is 2.81. The van der Waals surface area contributed by atoms with Crippen LogP contribution in [-0.2, 0) is 11.3 Å². The summed E-state index contributed by atoms with van der Waals surface area (Å²) in [5.41, 5.74) is 1.23. The molecule has 1 aromatic heterocycles. The molecule has 0 bridgehead atoms. The first-order valence-corrected chi connectivity index (χ1v) is 7.38. The molecule has 2 heterocycles. The molecule has 0 amide bonds. The molecule has 1 aliphatic carbocycles. The van der Waals surface area contributed by atoms with Gasteiger partial charge in [-0.15, -0.1) is 0 Å². The minimum absolute atomic E-state index is 0.392. The molecule has 4 nitrogen and oxygen atoms in total. The predicted octanol–water partition coefficient (Wildman–Crippen LogP) is 2.01. The van der Waals surface area contributed by atoms with Crippen LogP contribution < -0.4 is 5.32 Å². The summed E-state index contributed by atoms with van der Waals surface area (Å²) in [6.07, 6.45) is 9.45. The molecule has 0 spiro atoms. The number of furan rings is 1. The molecule has 0 aromatic carbocycles. The Bertz CT molecular complexity index is 376. The topological polar surface area (TPSA) is 37.6 Å². The maximum Gasteiger partial charge on any atom is 0.0947 e. The number of ether oxygens (including phenoxy) is 1. The van der Waals surface area contributed by atoms with E-state index in [2.05, 4.69) is 17.3 Å². The standard InChI is InChI=1S/C15H24N2O2/c1-17(9-12-6-7-18-11-12)10-15-5-4-14(19-15)8-16-13-2-3-13/h6-7,11,13-16H,2-5,8-10H2,1H3. The molecule has 0 radical (unpaired) electrons. The van der Waals surface area contributed by atoms with E-state index in [1.807, 2.05) is 12.3 Å². The highest BCUT2D eigenvalue weighted by Crippen LogP contribution is 2.23. The van der Waals surface area contributed by atoms with Gasteiger partial charge in [-0.05, 0) is 38.8 Å². The second-order valence-corrected chi connectivity index (χ2v) is 5.97. The fraction of sp³-hybridized carbons (Fsp3) is 0.733. The molecule has 19 heavy (non-hydrogen) atoms. The van der Waals surface area contributed by atoms with E-state index in [1.54, 1.807) is 6.26 Å². The summed E-state index contributed by atoms with van der Waals surface area (Å²) in [5.74, 6) is 0. The third-order valence-electron chi connectivity index (χ3n) is 3.95. The quantitative estimate of drug-likeness (QED) is 0.817. The summed E-state index contributed by atoms with van der Waals surface area (Å²) in [5, 5.41) is 3.56. The van der Waals surface area contributed by atoms with Gasteiger partial charge < -0.3 is 14.5 Å². The van der Waals surface area contributed by atoms with Gasteiger partial charge in [0.2, 0.25) is 0 Å². The Morgan fingerprint density at radius 1 is 1.26 bits per heavy atom. The van der Waals surface area contributed by atoms with Crippen LogP contribution >= 0.6 is 0 Å². The highest BCUT2D eigenvalue weighted by molar-refractivity contribution is 5.04. The maximum atomic E-state index is 6.10. The van der Waals surface area contributed by atoms with E-state index in [0.29, 0.717) is 12.2 Å². The molecule has 4 heteroatoms. The van der Waals surface area contributed by atoms with Gasteiger partial charge in [0.05, 0.1) is 24.7 Å². The van der Waals surface area contributed by atoms with Gasteiger partial charge in [0, 0.05) is 31.2 Å². The van der Waals surface area contributed by atoms with Crippen molar-refractivity contribution < 1.29 is 9.15 Å². The SMILES string of the molecule is CN(Cc1ccoc1)CC1CCC(CNC2CC2)O1. The molecule has 1 aromatic rings. The second-order valence-electron chi connectivity index (χ2n) is 5.97. The Morgan fingerprint density at radius 3 is 2.84 bits per heavy atom. The fourth-order valence-electron chi connectivity index (χ4n) is 2.76. The van der Waals surface area contributed by atoms with Crippen LogP contribution in [0.3, 0.4) is 0 Å². The van der Waals surface area contributed by atoms with Crippen LogP contribution in [-0.4, -0.2) is 43.3 Å². The zero-order valence-electron chi connectivity index (χ0n) is 11.7. The van der Waals surface area contributed by atoms with Crippen molar-refractivity contribution in [3.8, 4) is 0 Å². The van der Waals surface area contributed by atoms with E-state index in [1.165, 1.54) is 31.2 Å². The molecule has 106 valence electrons. The summed E-state index contributed by atoms with van der Waals surface area (Å²) in [6.45, 7) is 2.97. The van der Waals surface area contributed by atoms with Gasteiger partial charge in [-0.1, -0.05) is 0 Å². The van der Waals surface area contributed by atoms with E-state index in [0.717, 1.165) is 25.7 Å². The first-order chi connectivity index (χ1) is 9.29. The number of hydrogen-bond acceptors (Lipinski definition) is 4. The van der Waals surface area contributed by atoms with Crippen LogP contribution in [0.2, 0.25) is 0 Å². The number of rotatable bonds is 7. The molecule has 2 fully saturated rings. The lowest BCUT2D eigenvalue weighted by molar-refractivity contribution is 0.0265. The van der Waals surface area contributed by atoms with Crippen LogP contribution in [0.25, 0.3) is 0 Å². The van der Waals surface area contributed by atoms with Gasteiger partial charge in [-0.25, -0.2) is 0 Å². The highest BCUT2D eigenvalue weighted by atomic mass is 16.5. The van der Waals surface area contributed by atoms with Gasteiger partial charge in [0.15, 0.2) is 0 Å². The summed E-state index contributed by atoms with van der Waals surface area (Å²) in [4.78, 5) is 2.31. The number of hydrogen-bond donors (Lipinski definition) is 1. The maximum absolute atomic E-state index is 6.10. The monoisotopic (exact) mass is 264 g/mol. The number of likely N-dealkylation sites (N-methyl/N-ethyl adjacent to an activating group) is 1. The van der Waals surface area contributed by atoms with Gasteiger partial charge in [-0.2, -0.15) is 0 Å². The van der Waals surface area contributed by atoms with E-state index < -0.39 is 0 Å². The highest BCUT2D eigenvalue weighted by Gasteiger charge is 2.28. The van der Waals surface area contributed by atoms with Crippen molar-refractivity contribution in [3.63, 3.8) is 0 Å². The van der Waals surface area contributed by atoms with Crippen LogP contribution in [0.4, 0.5) is 0 Å². The molecular weight excluding hydrogens is 240 g/mol. The molecule has 2 unspecified atom stereocenters. The average Bonchev–Trinajstić information content (AvgIpc) is 2.88. The third-order valence-corrected chi connectivity index (χ3v) is 3.95. The van der Waals surface area contributed by atoms with Crippen molar-refractivity contribution in [3.05, 3.63) is 24.2 Å². The van der Waals surface area contributed by atoms with Crippen molar-refractivity contribution in [1.29, 1.82) is 0 Å². The molecule has 1 N–H and O–H groups in total. The molecular formula is C15H24N2O2. The minimum Gasteiger partial charge on any atom is -0.472 e. The molecule has 1 saturated heterocycles. The van der Waals surface area contributed by atoms with E-state index in [4.69, 9.17) is 9.15 Å². The van der Waals surface area contributed by atoms with Crippen LogP contribution in [0.1, 0.15) is 31.2 Å². The molecule has 2 atom stereocenters. The molecule has 2 aliphatic rings. The second kappa shape index (κ2) is 6.07. The van der Waals surface area contributed by atoms with Crippen molar-refractivity contribution >= 4 is 0 Å². The Kier molecular flexibility index (Phi) is 4.21. The minimum atomic E-state index is 0.392. The summed E-state index contributed by atoms with van der Waals surface area (Å²) < 4.78 is 11.2. The summed E-state index contributed by atoms with van der Waals surface area (Å²) >= 11 is 0. The van der Waals surface area contributed by atoms with Crippen molar-refractivity contribution in [2.75, 3.05) is 20.1 Å². The smallest absolute Gasteiger partial charge is 0.0947 e. The zero-order chi connectivity index (χ0) is 13.1. The Hall–Kier alpha value is -0.840. The van der Waals surface area contributed by atoms with Crippen LogP contribution in [0.5, 0.6) is 0 Å². The molecule has 3 rings (SSSR count). The van der Waals surface area contributed by atoms with Crippen LogP contribution in [0.15, 0.2) is 23.0 Å². The van der Waals surface area contributed by atoms with Gasteiger partial charge in [0.1, 0.15) is 0 Å². The Labute approximate surface area is 115 Å². The van der Waals surface area contributed by atoms with E-state index in [9.17, 15) is 0 Å². The predicted molar refractivity (Wildman–Crippen MR) is 74.0 cm³/mol. The number of nitrogens with zero attached hydrogens (tertiary/aromatic N) is 1. The lowest BCUT2D eigenvalue weighted by Gasteiger charge is -2.21. The largest absolute Gasteiger partial charge is 0.472 e. The zero-order valence-corrected chi connectivity index (χ0v) is 11.7. The Balaban J connectivity index is 1.35. The Morgan fingerprint density at radius 2 is 2.11 bits per heavy atom. The lowest BCUT2D eigenvalue weighted by Crippen LogP contribution is -2.32. The van der Waals surface area contributed by atoms with Gasteiger partial charge in [0.25, 0.3) is 0 Å². The van der Waals surface area contributed by atoms with Crippen molar-refractivity contribution in [2.45, 2.75) is 50.5 Å². The lowest BCUT2D eigenvalue weighted by atomic mass is 10.2. The fourth-order valence-corrected chi connectivity index (χ4v) is 2.76.